The molecule has 0 aliphatic heterocycles. The monoisotopic (exact) mass is 547 g/mol. The van der Waals surface area contributed by atoms with E-state index in [-0.39, 0.29) is 12.3 Å². The molecular formula is C21H17F3INO3S. The largest absolute Gasteiger partial charge is 0.488 e. The fourth-order valence-corrected chi connectivity index (χ4v) is 4.86. The van der Waals surface area contributed by atoms with Crippen molar-refractivity contribution in [1.29, 1.82) is 0 Å². The molecule has 4 nitrogen and oxygen atoms in total. The molecule has 3 rings (SSSR count). The molecule has 0 spiro atoms. The molecule has 30 heavy (non-hydrogen) atoms. The molecule has 0 bridgehead atoms. The van der Waals surface area contributed by atoms with E-state index in [9.17, 15) is 21.6 Å². The first-order valence-corrected chi connectivity index (χ1v) is 11.3. The zero-order valence-electron chi connectivity index (χ0n) is 15.7. The molecule has 0 aliphatic rings. The molecular weight excluding hydrogens is 530 g/mol. The van der Waals surface area contributed by atoms with Gasteiger partial charge in [0.15, 0.2) is 0 Å². The molecule has 0 unspecified atom stereocenters. The lowest BCUT2D eigenvalue weighted by atomic mass is 10.2. The number of ether oxygens (including phenoxy) is 1. The summed E-state index contributed by atoms with van der Waals surface area (Å²) in [6.07, 6.45) is -4.80. The summed E-state index contributed by atoms with van der Waals surface area (Å²) >= 11 is 1.91. The Bertz CT molecular complexity index is 1150. The lowest BCUT2D eigenvalue weighted by Gasteiger charge is -2.17. The summed E-state index contributed by atoms with van der Waals surface area (Å²) in [4.78, 5) is -0.832. The van der Waals surface area contributed by atoms with Crippen LogP contribution in [0, 0.1) is 10.5 Å². The molecule has 1 N–H and O–H groups in total. The van der Waals surface area contributed by atoms with Crippen LogP contribution >= 0.6 is 22.6 Å². The van der Waals surface area contributed by atoms with Gasteiger partial charge in [-0.3, -0.25) is 4.72 Å². The first kappa shape index (κ1) is 22.4. The summed E-state index contributed by atoms with van der Waals surface area (Å²) in [6.45, 7) is 2.01. The molecule has 0 saturated carbocycles. The number of aryl methyl sites for hydroxylation is 1. The molecule has 0 aliphatic carbocycles. The van der Waals surface area contributed by atoms with E-state index >= 15 is 0 Å². The Hall–Kier alpha value is -2.27. The molecule has 0 atom stereocenters. The van der Waals surface area contributed by atoms with Gasteiger partial charge in [-0.05, 0) is 64.9 Å². The second kappa shape index (κ2) is 8.84. The Morgan fingerprint density at radius 1 is 1.00 bits per heavy atom. The van der Waals surface area contributed by atoms with Gasteiger partial charge in [0.1, 0.15) is 12.4 Å². The van der Waals surface area contributed by atoms with Gasteiger partial charge in [0.05, 0.1) is 19.7 Å². The third-order valence-electron chi connectivity index (χ3n) is 4.15. The summed E-state index contributed by atoms with van der Waals surface area (Å²) in [6, 6.07) is 16.8. The van der Waals surface area contributed by atoms with Gasteiger partial charge in [-0.15, -0.1) is 0 Å². The van der Waals surface area contributed by atoms with Crippen LogP contribution in [0.4, 0.5) is 18.9 Å². The predicted molar refractivity (Wildman–Crippen MR) is 117 cm³/mol. The Balaban J connectivity index is 1.93. The summed E-state index contributed by atoms with van der Waals surface area (Å²) in [5.41, 5.74) is 0.549. The SMILES string of the molecule is Cc1cc(NS(=O)(=O)c2ccccc2C(F)(F)F)c(I)c(OCc2ccccc2)c1. The second-order valence-electron chi connectivity index (χ2n) is 6.50. The Morgan fingerprint density at radius 2 is 1.63 bits per heavy atom. The minimum Gasteiger partial charge on any atom is -0.488 e. The number of hydrogen-bond acceptors (Lipinski definition) is 3. The zero-order valence-corrected chi connectivity index (χ0v) is 18.7. The number of benzene rings is 3. The number of hydrogen-bond donors (Lipinski definition) is 1. The highest BCUT2D eigenvalue weighted by Crippen LogP contribution is 2.36. The van der Waals surface area contributed by atoms with Crippen LogP contribution in [-0.2, 0) is 22.8 Å². The number of alkyl halides is 3. The Labute approximate surface area is 186 Å². The molecule has 0 saturated heterocycles. The van der Waals surface area contributed by atoms with Crippen molar-refractivity contribution in [2.75, 3.05) is 4.72 Å². The predicted octanol–water partition coefficient (Wildman–Crippen LogP) is 6.00. The maximum Gasteiger partial charge on any atom is 0.417 e. The van der Waals surface area contributed by atoms with E-state index < -0.39 is 26.7 Å². The first-order valence-electron chi connectivity index (χ1n) is 8.74. The van der Waals surface area contributed by atoms with Gasteiger partial charge in [-0.1, -0.05) is 42.5 Å². The lowest BCUT2D eigenvalue weighted by Crippen LogP contribution is -2.19. The Kier molecular flexibility index (Phi) is 6.61. The number of halogens is 4. The van der Waals surface area contributed by atoms with Crippen molar-refractivity contribution >= 4 is 38.3 Å². The highest BCUT2D eigenvalue weighted by Gasteiger charge is 2.37. The van der Waals surface area contributed by atoms with Gasteiger partial charge in [-0.2, -0.15) is 13.2 Å². The van der Waals surface area contributed by atoms with Crippen molar-refractivity contribution < 1.29 is 26.3 Å². The molecule has 9 heteroatoms. The van der Waals surface area contributed by atoms with Crippen LogP contribution in [0.15, 0.2) is 71.6 Å². The van der Waals surface area contributed by atoms with Crippen LogP contribution in [0.1, 0.15) is 16.7 Å². The standard InChI is InChI=1S/C21H17F3INO3S/c1-14-11-17(20(25)18(12-14)29-13-15-7-3-2-4-8-15)26-30(27,28)19-10-6-5-9-16(19)21(22,23)24/h2-12,26H,13H2,1H3. The van der Waals surface area contributed by atoms with Gasteiger partial charge in [0.2, 0.25) is 0 Å². The van der Waals surface area contributed by atoms with Crippen LogP contribution in [-0.4, -0.2) is 8.42 Å². The fraction of sp³-hybridized carbons (Fsp3) is 0.143. The topological polar surface area (TPSA) is 55.4 Å². The van der Waals surface area contributed by atoms with Crippen LogP contribution in [0.3, 0.4) is 0 Å². The molecule has 158 valence electrons. The second-order valence-corrected chi connectivity index (χ2v) is 9.23. The molecule has 0 heterocycles. The van der Waals surface area contributed by atoms with Gasteiger partial charge >= 0.3 is 6.18 Å². The minimum absolute atomic E-state index is 0.149. The molecule has 0 amide bonds. The van der Waals surface area contributed by atoms with E-state index in [1.807, 2.05) is 52.9 Å². The zero-order chi connectivity index (χ0) is 21.9. The normalized spacial score (nSPS) is 11.9. The molecule has 3 aromatic rings. The summed E-state index contributed by atoms with van der Waals surface area (Å²) in [5.74, 6) is 0.432. The van der Waals surface area contributed by atoms with E-state index in [1.54, 1.807) is 19.1 Å². The van der Waals surface area contributed by atoms with Crippen molar-refractivity contribution in [2.45, 2.75) is 24.6 Å². The number of nitrogens with one attached hydrogen (secondary N) is 1. The lowest BCUT2D eigenvalue weighted by molar-refractivity contribution is -0.139. The fourth-order valence-electron chi connectivity index (χ4n) is 2.79. The van der Waals surface area contributed by atoms with Crippen molar-refractivity contribution in [3.8, 4) is 5.75 Å². The minimum atomic E-state index is -4.80. The summed E-state index contributed by atoms with van der Waals surface area (Å²) in [7, 11) is -4.48. The van der Waals surface area contributed by atoms with E-state index in [2.05, 4.69) is 4.72 Å². The summed E-state index contributed by atoms with van der Waals surface area (Å²) in [5, 5.41) is 0. The third kappa shape index (κ3) is 5.25. The maximum atomic E-state index is 13.3. The molecule has 0 radical (unpaired) electrons. The first-order chi connectivity index (χ1) is 14.1. The van der Waals surface area contributed by atoms with Gasteiger partial charge in [-0.25, -0.2) is 8.42 Å². The van der Waals surface area contributed by atoms with Crippen LogP contribution < -0.4 is 9.46 Å². The van der Waals surface area contributed by atoms with Crippen molar-refractivity contribution in [3.63, 3.8) is 0 Å². The quantitative estimate of drug-likeness (QED) is 0.386. The van der Waals surface area contributed by atoms with Crippen LogP contribution in [0.25, 0.3) is 0 Å². The highest BCUT2D eigenvalue weighted by atomic mass is 127. The van der Waals surface area contributed by atoms with Crippen LogP contribution in [0.5, 0.6) is 5.75 Å². The van der Waals surface area contributed by atoms with E-state index in [1.165, 1.54) is 6.07 Å². The summed E-state index contributed by atoms with van der Waals surface area (Å²) < 4.78 is 73.9. The van der Waals surface area contributed by atoms with Gasteiger partial charge in [0, 0.05) is 0 Å². The van der Waals surface area contributed by atoms with Crippen molar-refractivity contribution in [2.24, 2.45) is 0 Å². The smallest absolute Gasteiger partial charge is 0.417 e. The van der Waals surface area contributed by atoms with Gasteiger partial charge < -0.3 is 4.74 Å². The van der Waals surface area contributed by atoms with Crippen LogP contribution in [0.2, 0.25) is 0 Å². The molecule has 0 fully saturated rings. The van der Waals surface area contributed by atoms with Crippen molar-refractivity contribution in [1.82, 2.24) is 0 Å². The molecule has 0 aromatic heterocycles. The highest BCUT2D eigenvalue weighted by molar-refractivity contribution is 14.1. The Morgan fingerprint density at radius 3 is 2.30 bits per heavy atom. The van der Waals surface area contributed by atoms with E-state index in [0.717, 1.165) is 23.8 Å². The van der Waals surface area contributed by atoms with E-state index in [0.29, 0.717) is 14.9 Å². The van der Waals surface area contributed by atoms with Crippen molar-refractivity contribution in [3.05, 3.63) is 87.0 Å². The number of sulfonamides is 1. The third-order valence-corrected chi connectivity index (χ3v) is 6.68. The number of rotatable bonds is 6. The van der Waals surface area contributed by atoms with Gasteiger partial charge in [0.25, 0.3) is 10.0 Å². The van der Waals surface area contributed by atoms with E-state index in [4.69, 9.17) is 4.74 Å². The maximum absolute atomic E-state index is 13.3. The number of anilines is 1. The average molecular weight is 547 g/mol. The molecule has 3 aromatic carbocycles. The average Bonchev–Trinajstić information content (AvgIpc) is 2.69.